The van der Waals surface area contributed by atoms with Crippen molar-refractivity contribution in [2.45, 2.75) is 19.4 Å². The fraction of sp³-hybridized carbons (Fsp3) is 0.273. The minimum absolute atomic E-state index is 0.360. The Labute approximate surface area is 169 Å². The molecule has 2 aromatic carbocycles. The van der Waals surface area contributed by atoms with Crippen LogP contribution in [0, 0.1) is 0 Å². The number of amides is 2. The lowest BCUT2D eigenvalue weighted by Gasteiger charge is -2.16. The van der Waals surface area contributed by atoms with Crippen molar-refractivity contribution in [3.8, 4) is 11.5 Å². The van der Waals surface area contributed by atoms with E-state index in [1.165, 1.54) is 0 Å². The first-order chi connectivity index (χ1) is 14.0. The third kappa shape index (κ3) is 4.68. The van der Waals surface area contributed by atoms with Gasteiger partial charge in [0.25, 0.3) is 0 Å². The van der Waals surface area contributed by atoms with Crippen LogP contribution in [0.5, 0.6) is 11.5 Å². The summed E-state index contributed by atoms with van der Waals surface area (Å²) in [6.45, 7) is 2.18. The highest BCUT2D eigenvalue weighted by atomic mass is 16.5. The highest BCUT2D eigenvalue weighted by molar-refractivity contribution is 6.35. The SMILES string of the molecule is COc1ccc(C(C)NC(=O)C(=O)NCCc2c[nH]c3ccccc23)cc1OC. The zero-order valence-corrected chi connectivity index (χ0v) is 16.7. The average Bonchev–Trinajstić information content (AvgIpc) is 3.16. The molecule has 1 aromatic heterocycles. The van der Waals surface area contributed by atoms with Gasteiger partial charge in [0, 0.05) is 23.6 Å². The molecule has 1 atom stereocenters. The number of carbonyl (C=O) groups excluding carboxylic acids is 2. The van der Waals surface area contributed by atoms with Crippen LogP contribution in [0.25, 0.3) is 10.9 Å². The number of rotatable bonds is 7. The van der Waals surface area contributed by atoms with Crippen LogP contribution in [-0.2, 0) is 16.0 Å². The van der Waals surface area contributed by atoms with Gasteiger partial charge in [-0.1, -0.05) is 24.3 Å². The summed E-state index contributed by atoms with van der Waals surface area (Å²) in [6, 6.07) is 13.0. The summed E-state index contributed by atoms with van der Waals surface area (Å²) in [5, 5.41) is 6.50. The average molecular weight is 395 g/mol. The predicted octanol–water partition coefficient (Wildman–Crippen LogP) is 2.72. The zero-order valence-electron chi connectivity index (χ0n) is 16.7. The molecule has 0 fully saturated rings. The highest BCUT2D eigenvalue weighted by Crippen LogP contribution is 2.29. The fourth-order valence-electron chi connectivity index (χ4n) is 3.20. The number of ether oxygens (including phenoxy) is 2. The van der Waals surface area contributed by atoms with Crippen molar-refractivity contribution in [3.05, 3.63) is 59.8 Å². The van der Waals surface area contributed by atoms with Crippen LogP contribution < -0.4 is 20.1 Å². The van der Waals surface area contributed by atoms with Crippen LogP contribution in [0.4, 0.5) is 0 Å². The third-order valence-corrected chi connectivity index (χ3v) is 4.82. The van der Waals surface area contributed by atoms with Gasteiger partial charge in [-0.3, -0.25) is 9.59 Å². The Bertz CT molecular complexity index is 1010. The van der Waals surface area contributed by atoms with E-state index in [9.17, 15) is 9.59 Å². The summed E-state index contributed by atoms with van der Waals surface area (Å²) in [5.74, 6) is -0.164. The monoisotopic (exact) mass is 395 g/mol. The van der Waals surface area contributed by atoms with E-state index >= 15 is 0 Å². The molecule has 0 bridgehead atoms. The lowest BCUT2D eigenvalue weighted by atomic mass is 10.1. The molecule has 152 valence electrons. The quantitative estimate of drug-likeness (QED) is 0.537. The Balaban J connectivity index is 1.53. The van der Waals surface area contributed by atoms with Gasteiger partial charge in [-0.25, -0.2) is 0 Å². The topological polar surface area (TPSA) is 92.5 Å². The van der Waals surface area contributed by atoms with Crippen molar-refractivity contribution in [3.63, 3.8) is 0 Å². The third-order valence-electron chi connectivity index (χ3n) is 4.82. The maximum absolute atomic E-state index is 12.2. The van der Waals surface area contributed by atoms with E-state index in [1.807, 2.05) is 36.5 Å². The lowest BCUT2D eigenvalue weighted by Crippen LogP contribution is -2.41. The number of methoxy groups -OCH3 is 2. The smallest absolute Gasteiger partial charge is 0.309 e. The largest absolute Gasteiger partial charge is 0.493 e. The maximum Gasteiger partial charge on any atom is 0.309 e. The molecule has 1 unspecified atom stereocenters. The normalized spacial score (nSPS) is 11.7. The molecule has 0 aliphatic carbocycles. The molecule has 7 heteroatoms. The van der Waals surface area contributed by atoms with Gasteiger partial charge in [-0.05, 0) is 42.7 Å². The Morgan fingerprint density at radius 3 is 2.55 bits per heavy atom. The number of nitrogens with one attached hydrogen (secondary N) is 3. The van der Waals surface area contributed by atoms with Crippen LogP contribution >= 0.6 is 0 Å². The van der Waals surface area contributed by atoms with Crippen molar-refractivity contribution in [1.82, 2.24) is 15.6 Å². The molecule has 3 rings (SSSR count). The van der Waals surface area contributed by atoms with Crippen LogP contribution in [0.1, 0.15) is 24.1 Å². The lowest BCUT2D eigenvalue weighted by molar-refractivity contribution is -0.139. The molecular weight excluding hydrogens is 370 g/mol. The Morgan fingerprint density at radius 2 is 1.79 bits per heavy atom. The number of benzene rings is 2. The first-order valence-electron chi connectivity index (χ1n) is 9.39. The van der Waals surface area contributed by atoms with Gasteiger partial charge in [0.1, 0.15) is 0 Å². The van der Waals surface area contributed by atoms with E-state index in [4.69, 9.17) is 9.47 Å². The molecule has 1 heterocycles. The van der Waals surface area contributed by atoms with Gasteiger partial charge in [0.05, 0.1) is 20.3 Å². The molecule has 0 aliphatic rings. The minimum Gasteiger partial charge on any atom is -0.493 e. The second-order valence-electron chi connectivity index (χ2n) is 6.67. The zero-order chi connectivity index (χ0) is 20.8. The van der Waals surface area contributed by atoms with Gasteiger partial charge in [0.2, 0.25) is 0 Å². The molecule has 7 nitrogen and oxygen atoms in total. The summed E-state index contributed by atoms with van der Waals surface area (Å²) in [7, 11) is 3.11. The number of aromatic amines is 1. The Hall–Kier alpha value is -3.48. The van der Waals surface area contributed by atoms with Crippen molar-refractivity contribution in [2.24, 2.45) is 0 Å². The van der Waals surface area contributed by atoms with Crippen LogP contribution in [0.2, 0.25) is 0 Å². The van der Waals surface area contributed by atoms with Crippen molar-refractivity contribution in [1.29, 1.82) is 0 Å². The molecule has 29 heavy (non-hydrogen) atoms. The standard InChI is InChI=1S/C22H25N3O4/c1-14(15-8-9-19(28-2)20(12-15)29-3)25-22(27)21(26)23-11-10-16-13-24-18-7-5-4-6-17(16)18/h4-9,12-14,24H,10-11H2,1-3H3,(H,23,26)(H,25,27). The summed E-state index contributed by atoms with van der Waals surface area (Å²) < 4.78 is 10.5. The fourth-order valence-corrected chi connectivity index (χ4v) is 3.20. The molecule has 0 aliphatic heterocycles. The Kier molecular flexibility index (Phi) is 6.39. The van der Waals surface area contributed by atoms with Crippen molar-refractivity contribution >= 4 is 22.7 Å². The summed E-state index contributed by atoms with van der Waals surface area (Å²) >= 11 is 0. The molecule has 0 saturated heterocycles. The second-order valence-corrected chi connectivity index (χ2v) is 6.67. The highest BCUT2D eigenvalue weighted by Gasteiger charge is 2.18. The van der Waals surface area contributed by atoms with E-state index < -0.39 is 11.8 Å². The van der Waals surface area contributed by atoms with Crippen LogP contribution in [-0.4, -0.2) is 37.6 Å². The predicted molar refractivity (Wildman–Crippen MR) is 111 cm³/mol. The van der Waals surface area contributed by atoms with E-state index in [0.29, 0.717) is 24.5 Å². The minimum atomic E-state index is -0.675. The van der Waals surface area contributed by atoms with Crippen molar-refractivity contribution < 1.29 is 19.1 Å². The number of hydrogen-bond acceptors (Lipinski definition) is 4. The number of fused-ring (bicyclic) bond motifs is 1. The van der Waals surface area contributed by atoms with Gasteiger partial charge < -0.3 is 25.1 Å². The molecule has 3 aromatic rings. The van der Waals surface area contributed by atoms with E-state index in [2.05, 4.69) is 15.6 Å². The van der Waals surface area contributed by atoms with Crippen molar-refractivity contribution in [2.75, 3.05) is 20.8 Å². The number of para-hydroxylation sites is 1. The van der Waals surface area contributed by atoms with Gasteiger partial charge in [-0.2, -0.15) is 0 Å². The van der Waals surface area contributed by atoms with E-state index in [1.54, 1.807) is 33.3 Å². The van der Waals surface area contributed by atoms with E-state index in [0.717, 1.165) is 22.0 Å². The molecular formula is C22H25N3O4. The first kappa shape index (κ1) is 20.3. The van der Waals surface area contributed by atoms with Crippen LogP contribution in [0.3, 0.4) is 0 Å². The molecule has 3 N–H and O–H groups in total. The first-order valence-corrected chi connectivity index (χ1v) is 9.39. The van der Waals surface area contributed by atoms with Gasteiger partial charge in [0.15, 0.2) is 11.5 Å². The number of hydrogen-bond donors (Lipinski definition) is 3. The summed E-state index contributed by atoms with van der Waals surface area (Å²) in [4.78, 5) is 27.6. The Morgan fingerprint density at radius 1 is 1.03 bits per heavy atom. The molecule has 0 spiro atoms. The van der Waals surface area contributed by atoms with Crippen LogP contribution in [0.15, 0.2) is 48.7 Å². The van der Waals surface area contributed by atoms with E-state index in [-0.39, 0.29) is 6.04 Å². The maximum atomic E-state index is 12.2. The summed E-state index contributed by atoms with van der Waals surface area (Å²) in [5.41, 5.74) is 2.96. The second kappa shape index (κ2) is 9.14. The molecule has 2 amide bonds. The van der Waals surface area contributed by atoms with Gasteiger partial charge >= 0.3 is 11.8 Å². The molecule has 0 radical (unpaired) electrons. The number of H-pyrrole nitrogens is 1. The molecule has 0 saturated carbocycles. The number of carbonyl (C=O) groups is 2. The van der Waals surface area contributed by atoms with Gasteiger partial charge in [-0.15, -0.1) is 0 Å². The number of aromatic nitrogens is 1. The summed E-state index contributed by atoms with van der Waals surface area (Å²) in [6.07, 6.45) is 2.56.